The lowest BCUT2D eigenvalue weighted by atomic mass is 9.73. The number of carbonyl (C=O) groups is 2. The summed E-state index contributed by atoms with van der Waals surface area (Å²) in [4.78, 5) is 26.7. The van der Waals surface area contributed by atoms with E-state index in [2.05, 4.69) is 10.2 Å². The molecule has 1 N–H and O–H groups in total. The van der Waals surface area contributed by atoms with Crippen LogP contribution in [0.15, 0.2) is 67.3 Å². The Bertz CT molecular complexity index is 961. The maximum Gasteiger partial charge on any atom is 0.314 e. The number of aliphatic carboxylic acids is 1. The third-order valence-corrected chi connectivity index (χ3v) is 5.47. The number of hydrogen-bond donors (Lipinski definition) is 1. The van der Waals surface area contributed by atoms with Crippen molar-refractivity contribution in [2.45, 2.75) is 18.3 Å². The molecule has 1 saturated heterocycles. The van der Waals surface area contributed by atoms with E-state index in [1.807, 2.05) is 42.5 Å². The number of hydrogen-bond acceptors (Lipinski definition) is 4. The minimum absolute atomic E-state index is 0.0812. The summed E-state index contributed by atoms with van der Waals surface area (Å²) in [6.07, 6.45) is 3.99. The number of amides is 1. The molecule has 1 aliphatic rings. The zero-order chi connectivity index (χ0) is 19.6. The van der Waals surface area contributed by atoms with Crippen molar-refractivity contribution in [1.82, 2.24) is 19.7 Å². The van der Waals surface area contributed by atoms with Crippen LogP contribution in [-0.4, -0.2) is 49.7 Å². The molecule has 4 rings (SSSR count). The highest BCUT2D eigenvalue weighted by atomic mass is 16.4. The van der Waals surface area contributed by atoms with Gasteiger partial charge in [0.25, 0.3) is 5.91 Å². The fourth-order valence-electron chi connectivity index (χ4n) is 3.77. The van der Waals surface area contributed by atoms with E-state index in [0.29, 0.717) is 31.5 Å². The third-order valence-electron chi connectivity index (χ3n) is 5.47. The van der Waals surface area contributed by atoms with Gasteiger partial charge in [0, 0.05) is 24.3 Å². The standard InChI is InChI=1S/C21H20N4O3/c26-19(16-6-8-18(9-7-16)25-14-22-23-15-25)24-12-10-21(11-13-24,20(27)28)17-4-2-1-3-5-17/h1-9,14-15H,10-13H2,(H,27,28). The Hall–Kier alpha value is -3.48. The van der Waals surface area contributed by atoms with E-state index >= 15 is 0 Å². The number of piperidine rings is 1. The normalized spacial score (nSPS) is 15.9. The predicted molar refractivity (Wildman–Crippen MR) is 102 cm³/mol. The Morgan fingerprint density at radius 2 is 1.50 bits per heavy atom. The van der Waals surface area contributed by atoms with Crippen molar-refractivity contribution >= 4 is 11.9 Å². The van der Waals surface area contributed by atoms with Crippen LogP contribution in [0.2, 0.25) is 0 Å². The van der Waals surface area contributed by atoms with Crippen LogP contribution in [0, 0.1) is 0 Å². The molecule has 1 aliphatic heterocycles. The number of aromatic nitrogens is 3. The smallest absolute Gasteiger partial charge is 0.314 e. The van der Waals surface area contributed by atoms with Gasteiger partial charge in [0.05, 0.1) is 5.41 Å². The summed E-state index contributed by atoms with van der Waals surface area (Å²) in [5.41, 5.74) is 1.32. The summed E-state index contributed by atoms with van der Waals surface area (Å²) in [5, 5.41) is 17.4. The zero-order valence-corrected chi connectivity index (χ0v) is 15.2. The number of likely N-dealkylation sites (tertiary alicyclic amines) is 1. The van der Waals surface area contributed by atoms with Gasteiger partial charge in [-0.3, -0.25) is 14.2 Å². The molecule has 2 aromatic carbocycles. The van der Waals surface area contributed by atoms with Crippen LogP contribution in [0.3, 0.4) is 0 Å². The highest BCUT2D eigenvalue weighted by molar-refractivity contribution is 5.94. The van der Waals surface area contributed by atoms with Gasteiger partial charge in [0.1, 0.15) is 12.7 Å². The van der Waals surface area contributed by atoms with Crippen LogP contribution in [0.5, 0.6) is 0 Å². The summed E-state index contributed by atoms with van der Waals surface area (Å²) in [7, 11) is 0. The average Bonchev–Trinajstić information content (AvgIpc) is 3.29. The summed E-state index contributed by atoms with van der Waals surface area (Å²) in [6, 6.07) is 16.5. The Morgan fingerprint density at radius 1 is 0.893 bits per heavy atom. The molecule has 0 unspecified atom stereocenters. The second kappa shape index (κ2) is 7.26. The van der Waals surface area contributed by atoms with E-state index in [0.717, 1.165) is 11.3 Å². The van der Waals surface area contributed by atoms with Gasteiger partial charge in [-0.05, 0) is 42.7 Å². The molecule has 2 heterocycles. The van der Waals surface area contributed by atoms with Gasteiger partial charge in [-0.15, -0.1) is 10.2 Å². The molecule has 0 aliphatic carbocycles. The van der Waals surface area contributed by atoms with Gasteiger partial charge in [-0.2, -0.15) is 0 Å². The minimum atomic E-state index is -0.934. The quantitative estimate of drug-likeness (QED) is 0.756. The first-order valence-corrected chi connectivity index (χ1v) is 9.13. The van der Waals surface area contributed by atoms with Crippen LogP contribution in [-0.2, 0) is 10.2 Å². The summed E-state index contributed by atoms with van der Waals surface area (Å²) >= 11 is 0. The Labute approximate surface area is 162 Å². The molecule has 0 saturated carbocycles. The number of rotatable bonds is 4. The highest BCUT2D eigenvalue weighted by Gasteiger charge is 2.43. The number of carbonyl (C=O) groups excluding carboxylic acids is 1. The van der Waals surface area contributed by atoms with E-state index in [-0.39, 0.29) is 5.91 Å². The van der Waals surface area contributed by atoms with Crippen LogP contribution < -0.4 is 0 Å². The number of benzene rings is 2. The molecule has 1 aromatic heterocycles. The fourth-order valence-corrected chi connectivity index (χ4v) is 3.77. The van der Waals surface area contributed by atoms with E-state index < -0.39 is 11.4 Å². The molecule has 0 radical (unpaired) electrons. The van der Waals surface area contributed by atoms with Crippen molar-refractivity contribution in [2.75, 3.05) is 13.1 Å². The molecule has 142 valence electrons. The largest absolute Gasteiger partial charge is 0.481 e. The highest BCUT2D eigenvalue weighted by Crippen LogP contribution is 2.36. The summed E-state index contributed by atoms with van der Waals surface area (Å²) in [5.74, 6) is -0.911. The van der Waals surface area contributed by atoms with Gasteiger partial charge in [0.2, 0.25) is 0 Å². The third kappa shape index (κ3) is 3.15. The molecule has 1 fully saturated rings. The van der Waals surface area contributed by atoms with Crippen molar-refractivity contribution in [1.29, 1.82) is 0 Å². The fraction of sp³-hybridized carbons (Fsp3) is 0.238. The Balaban J connectivity index is 1.48. The van der Waals surface area contributed by atoms with E-state index in [9.17, 15) is 14.7 Å². The molecule has 7 nitrogen and oxygen atoms in total. The lowest BCUT2D eigenvalue weighted by Crippen LogP contribution is -2.49. The zero-order valence-electron chi connectivity index (χ0n) is 15.2. The van der Waals surface area contributed by atoms with Gasteiger partial charge < -0.3 is 10.0 Å². The van der Waals surface area contributed by atoms with Gasteiger partial charge in [-0.25, -0.2) is 0 Å². The summed E-state index contributed by atoms with van der Waals surface area (Å²) in [6.45, 7) is 0.820. The first kappa shape index (κ1) is 17.9. The van der Waals surface area contributed by atoms with Crippen LogP contribution in [0.25, 0.3) is 5.69 Å². The Morgan fingerprint density at radius 3 is 2.07 bits per heavy atom. The first-order valence-electron chi connectivity index (χ1n) is 9.13. The molecule has 3 aromatic rings. The second-order valence-corrected chi connectivity index (χ2v) is 6.96. The predicted octanol–water partition coefficient (Wildman–Crippen LogP) is 2.53. The second-order valence-electron chi connectivity index (χ2n) is 6.96. The van der Waals surface area contributed by atoms with Crippen LogP contribution in [0.4, 0.5) is 0 Å². The van der Waals surface area contributed by atoms with E-state index in [1.54, 1.807) is 34.3 Å². The summed E-state index contributed by atoms with van der Waals surface area (Å²) < 4.78 is 1.76. The SMILES string of the molecule is O=C(c1ccc(-n2cnnc2)cc1)N1CCC(C(=O)O)(c2ccccc2)CC1. The Kier molecular flexibility index (Phi) is 4.65. The number of carboxylic acid groups (broad SMARTS) is 1. The maximum atomic E-state index is 12.9. The monoisotopic (exact) mass is 376 g/mol. The molecular weight excluding hydrogens is 356 g/mol. The van der Waals surface area contributed by atoms with Crippen molar-refractivity contribution in [3.05, 3.63) is 78.4 Å². The van der Waals surface area contributed by atoms with Gasteiger partial charge in [-0.1, -0.05) is 30.3 Å². The number of nitrogens with zero attached hydrogens (tertiary/aromatic N) is 4. The molecule has 0 atom stereocenters. The van der Waals surface area contributed by atoms with Gasteiger partial charge in [0.15, 0.2) is 0 Å². The molecule has 0 bridgehead atoms. The van der Waals surface area contributed by atoms with Crippen molar-refractivity contribution < 1.29 is 14.7 Å². The lowest BCUT2D eigenvalue weighted by molar-refractivity contribution is -0.145. The minimum Gasteiger partial charge on any atom is -0.481 e. The van der Waals surface area contributed by atoms with E-state index in [4.69, 9.17) is 0 Å². The van der Waals surface area contributed by atoms with Crippen LogP contribution in [0.1, 0.15) is 28.8 Å². The van der Waals surface area contributed by atoms with E-state index in [1.165, 1.54) is 0 Å². The van der Waals surface area contributed by atoms with Gasteiger partial charge >= 0.3 is 5.97 Å². The average molecular weight is 376 g/mol. The molecule has 28 heavy (non-hydrogen) atoms. The van der Waals surface area contributed by atoms with Crippen LogP contribution >= 0.6 is 0 Å². The molecule has 7 heteroatoms. The first-order chi connectivity index (χ1) is 13.6. The molecule has 1 amide bonds. The number of carboxylic acids is 1. The van der Waals surface area contributed by atoms with Crippen molar-refractivity contribution in [3.8, 4) is 5.69 Å². The van der Waals surface area contributed by atoms with Crippen molar-refractivity contribution in [2.24, 2.45) is 0 Å². The maximum absolute atomic E-state index is 12.9. The molecular formula is C21H20N4O3. The molecule has 0 spiro atoms. The topological polar surface area (TPSA) is 88.3 Å². The van der Waals surface area contributed by atoms with Crippen molar-refractivity contribution in [3.63, 3.8) is 0 Å². The lowest BCUT2D eigenvalue weighted by Gasteiger charge is -2.39.